The maximum absolute atomic E-state index is 5.93. The zero-order chi connectivity index (χ0) is 17.8. The average Bonchev–Trinajstić information content (AvgIpc) is 2.64. The van der Waals surface area contributed by atoms with E-state index in [1.54, 1.807) is 20.4 Å². The fourth-order valence-corrected chi connectivity index (χ4v) is 2.49. The molecule has 0 radical (unpaired) electrons. The van der Waals surface area contributed by atoms with Crippen LogP contribution < -0.4 is 14.2 Å². The molecule has 0 amide bonds. The van der Waals surface area contributed by atoms with Gasteiger partial charge >= 0.3 is 0 Å². The van der Waals surface area contributed by atoms with E-state index in [9.17, 15) is 0 Å². The van der Waals surface area contributed by atoms with Gasteiger partial charge in [-0.2, -0.15) is 0 Å². The van der Waals surface area contributed by atoms with Gasteiger partial charge in [-0.05, 0) is 44.2 Å². The molecule has 0 saturated heterocycles. The van der Waals surface area contributed by atoms with Gasteiger partial charge in [-0.3, -0.25) is 4.98 Å². The van der Waals surface area contributed by atoms with Crippen molar-refractivity contribution in [1.29, 1.82) is 0 Å². The van der Waals surface area contributed by atoms with Gasteiger partial charge in [0.25, 0.3) is 0 Å². The Morgan fingerprint density at radius 1 is 0.840 bits per heavy atom. The summed E-state index contributed by atoms with van der Waals surface area (Å²) < 4.78 is 16.6. The van der Waals surface area contributed by atoms with Crippen molar-refractivity contribution in [3.8, 4) is 34.4 Å². The standard InChI is InChI=1S/C19H19N3O3/c1-12-18(14-7-8-16(23-3)17(10-14)24-4)21-11-22-19(12)25-15-6-5-9-20-13(15)2/h5-11H,1-4H3. The van der Waals surface area contributed by atoms with E-state index < -0.39 is 0 Å². The summed E-state index contributed by atoms with van der Waals surface area (Å²) in [6.45, 7) is 3.81. The molecule has 0 aliphatic carbocycles. The average molecular weight is 337 g/mol. The number of nitrogens with zero attached hydrogens (tertiary/aromatic N) is 3. The molecule has 0 unspecified atom stereocenters. The molecule has 128 valence electrons. The number of hydrogen-bond acceptors (Lipinski definition) is 6. The molecule has 6 heteroatoms. The van der Waals surface area contributed by atoms with E-state index in [1.165, 1.54) is 6.33 Å². The van der Waals surface area contributed by atoms with Crippen molar-refractivity contribution in [2.75, 3.05) is 14.2 Å². The normalized spacial score (nSPS) is 10.4. The molecular weight excluding hydrogens is 318 g/mol. The number of methoxy groups -OCH3 is 2. The van der Waals surface area contributed by atoms with Gasteiger partial charge in [0.15, 0.2) is 17.2 Å². The fourth-order valence-electron chi connectivity index (χ4n) is 2.49. The molecule has 2 aromatic heterocycles. The summed E-state index contributed by atoms with van der Waals surface area (Å²) >= 11 is 0. The van der Waals surface area contributed by atoms with E-state index >= 15 is 0 Å². The van der Waals surface area contributed by atoms with Crippen molar-refractivity contribution in [2.45, 2.75) is 13.8 Å². The van der Waals surface area contributed by atoms with Crippen molar-refractivity contribution in [2.24, 2.45) is 0 Å². The van der Waals surface area contributed by atoms with Crippen molar-refractivity contribution < 1.29 is 14.2 Å². The molecule has 1 aromatic carbocycles. The van der Waals surface area contributed by atoms with Crippen LogP contribution in [0.4, 0.5) is 0 Å². The van der Waals surface area contributed by atoms with Gasteiger partial charge in [0, 0.05) is 17.3 Å². The topological polar surface area (TPSA) is 66.4 Å². The van der Waals surface area contributed by atoms with Crippen LogP contribution in [0.15, 0.2) is 42.9 Å². The smallest absolute Gasteiger partial charge is 0.225 e. The first-order valence-corrected chi connectivity index (χ1v) is 7.77. The Hall–Kier alpha value is -3.15. The van der Waals surface area contributed by atoms with E-state index in [2.05, 4.69) is 15.0 Å². The predicted octanol–water partition coefficient (Wildman–Crippen LogP) is 3.96. The Bertz CT molecular complexity index is 897. The van der Waals surface area contributed by atoms with Crippen LogP contribution in [-0.2, 0) is 0 Å². The van der Waals surface area contributed by atoms with Crippen molar-refractivity contribution >= 4 is 0 Å². The van der Waals surface area contributed by atoms with E-state index in [0.29, 0.717) is 23.1 Å². The number of pyridine rings is 1. The van der Waals surface area contributed by atoms with Crippen LogP contribution in [0, 0.1) is 13.8 Å². The first kappa shape index (κ1) is 16.7. The third kappa shape index (κ3) is 3.38. The maximum atomic E-state index is 5.93. The van der Waals surface area contributed by atoms with Crippen LogP contribution in [0.5, 0.6) is 23.1 Å². The van der Waals surface area contributed by atoms with Gasteiger partial charge in [0.2, 0.25) is 5.88 Å². The Kier molecular flexibility index (Phi) is 4.79. The molecule has 0 fully saturated rings. The highest BCUT2D eigenvalue weighted by molar-refractivity contribution is 5.68. The lowest BCUT2D eigenvalue weighted by Gasteiger charge is -2.13. The molecule has 0 saturated carbocycles. The minimum absolute atomic E-state index is 0.496. The van der Waals surface area contributed by atoms with Gasteiger partial charge in [0.1, 0.15) is 6.33 Å². The van der Waals surface area contributed by atoms with Crippen LogP contribution in [0.3, 0.4) is 0 Å². The Labute approximate surface area is 146 Å². The number of benzene rings is 1. The van der Waals surface area contributed by atoms with E-state index in [4.69, 9.17) is 14.2 Å². The van der Waals surface area contributed by atoms with E-state index in [0.717, 1.165) is 22.5 Å². The predicted molar refractivity (Wildman–Crippen MR) is 94.4 cm³/mol. The summed E-state index contributed by atoms with van der Waals surface area (Å²) in [5.41, 5.74) is 3.30. The molecule has 6 nitrogen and oxygen atoms in total. The molecule has 0 N–H and O–H groups in total. The van der Waals surface area contributed by atoms with Crippen molar-refractivity contribution in [1.82, 2.24) is 15.0 Å². The highest BCUT2D eigenvalue weighted by Crippen LogP contribution is 2.35. The second kappa shape index (κ2) is 7.17. The number of aryl methyl sites for hydroxylation is 1. The van der Waals surface area contributed by atoms with Crippen LogP contribution in [0.2, 0.25) is 0 Å². The molecule has 0 bridgehead atoms. The zero-order valence-corrected chi connectivity index (χ0v) is 14.6. The second-order valence-electron chi connectivity index (χ2n) is 5.41. The number of ether oxygens (including phenoxy) is 3. The summed E-state index contributed by atoms with van der Waals surface area (Å²) in [4.78, 5) is 12.9. The SMILES string of the molecule is COc1ccc(-c2ncnc(Oc3cccnc3C)c2C)cc1OC. The largest absolute Gasteiger partial charge is 0.493 e. The lowest BCUT2D eigenvalue weighted by molar-refractivity contribution is 0.355. The molecular formula is C19H19N3O3. The van der Waals surface area contributed by atoms with Gasteiger partial charge in [-0.25, -0.2) is 9.97 Å². The lowest BCUT2D eigenvalue weighted by Crippen LogP contribution is -1.98. The minimum Gasteiger partial charge on any atom is -0.493 e. The number of hydrogen-bond donors (Lipinski definition) is 0. The van der Waals surface area contributed by atoms with Crippen molar-refractivity contribution in [3.05, 3.63) is 54.1 Å². The van der Waals surface area contributed by atoms with Gasteiger partial charge in [0.05, 0.1) is 25.6 Å². The molecule has 0 atom stereocenters. The first-order valence-electron chi connectivity index (χ1n) is 7.77. The van der Waals surface area contributed by atoms with Crippen LogP contribution in [0.25, 0.3) is 11.3 Å². The zero-order valence-electron chi connectivity index (χ0n) is 14.6. The highest BCUT2D eigenvalue weighted by atomic mass is 16.5. The van der Waals surface area contributed by atoms with Gasteiger partial charge in [-0.1, -0.05) is 0 Å². The summed E-state index contributed by atoms with van der Waals surface area (Å²) in [5.74, 6) is 2.47. The number of aromatic nitrogens is 3. The van der Waals surface area contributed by atoms with Crippen LogP contribution in [-0.4, -0.2) is 29.2 Å². The lowest BCUT2D eigenvalue weighted by atomic mass is 10.1. The molecule has 0 aliphatic rings. The molecule has 0 aliphatic heterocycles. The molecule has 3 rings (SSSR count). The van der Waals surface area contributed by atoms with Gasteiger partial charge < -0.3 is 14.2 Å². The first-order chi connectivity index (χ1) is 12.1. The second-order valence-corrected chi connectivity index (χ2v) is 5.41. The monoisotopic (exact) mass is 337 g/mol. The summed E-state index contributed by atoms with van der Waals surface area (Å²) in [7, 11) is 3.21. The molecule has 3 aromatic rings. The van der Waals surface area contributed by atoms with E-state index in [1.807, 2.05) is 44.2 Å². The Morgan fingerprint density at radius 2 is 1.64 bits per heavy atom. The third-order valence-electron chi connectivity index (χ3n) is 3.86. The third-order valence-corrected chi connectivity index (χ3v) is 3.86. The highest BCUT2D eigenvalue weighted by Gasteiger charge is 2.14. The fraction of sp³-hybridized carbons (Fsp3) is 0.211. The van der Waals surface area contributed by atoms with Crippen molar-refractivity contribution in [3.63, 3.8) is 0 Å². The summed E-state index contributed by atoms with van der Waals surface area (Å²) in [6, 6.07) is 9.35. The molecule has 2 heterocycles. The van der Waals surface area contributed by atoms with Crippen LogP contribution in [0.1, 0.15) is 11.3 Å². The quantitative estimate of drug-likeness (QED) is 0.702. The summed E-state index contributed by atoms with van der Waals surface area (Å²) in [6.07, 6.45) is 3.21. The molecule has 0 spiro atoms. The van der Waals surface area contributed by atoms with Gasteiger partial charge in [-0.15, -0.1) is 0 Å². The summed E-state index contributed by atoms with van der Waals surface area (Å²) in [5, 5.41) is 0. The molecule has 25 heavy (non-hydrogen) atoms. The Balaban J connectivity index is 2.00. The Morgan fingerprint density at radius 3 is 2.36 bits per heavy atom. The van der Waals surface area contributed by atoms with Crippen LogP contribution >= 0.6 is 0 Å². The minimum atomic E-state index is 0.496. The van der Waals surface area contributed by atoms with E-state index in [-0.39, 0.29) is 0 Å². The maximum Gasteiger partial charge on any atom is 0.225 e. The number of rotatable bonds is 5.